The Kier molecular flexibility index (Phi) is 10.2. The topological polar surface area (TPSA) is 78.0 Å². The zero-order valence-electron chi connectivity index (χ0n) is 21.2. The predicted molar refractivity (Wildman–Crippen MR) is 129 cm³/mol. The molecule has 1 aromatic carbocycles. The second kappa shape index (κ2) is 11.7. The lowest BCUT2D eigenvalue weighted by Crippen LogP contribution is -2.64. The molecule has 0 N–H and O–H groups in total. The average Bonchev–Trinajstić information content (AvgIpc) is 2.80. The third-order valence-electron chi connectivity index (χ3n) is 6.60. The van der Waals surface area contributed by atoms with Crippen LogP contribution in [-0.2, 0) is 26.6 Å². The number of nitrogens with zero attached hydrogens (tertiary/aromatic N) is 3. The maximum atomic E-state index is 13.9. The molecule has 0 spiro atoms. The molecule has 16 heteroatoms. The molecule has 2 atom stereocenters. The van der Waals surface area contributed by atoms with Crippen molar-refractivity contribution in [1.82, 2.24) is 11.5 Å². The monoisotopic (exact) mass is 595 g/mol. The van der Waals surface area contributed by atoms with Crippen LogP contribution >= 0.6 is 0 Å². The van der Waals surface area contributed by atoms with Crippen molar-refractivity contribution < 1.29 is 43.2 Å². The second-order valence-electron chi connectivity index (χ2n) is 9.93. The maximum absolute atomic E-state index is 13.9. The summed E-state index contributed by atoms with van der Waals surface area (Å²) < 4.78 is 134. The Bertz CT molecular complexity index is 1120. The van der Waals surface area contributed by atoms with Gasteiger partial charge >= 0.3 is 25.6 Å². The SMILES string of the molecule is CC(C)[C@@H]1CN(Cc2ccccc2)C[C@@H](C(C)C)[N](S(=O)(=O)C(F)(F)F)[Al]([CH3])[N](S(=O)(=O)C(F)(F)F)C1. The van der Waals surface area contributed by atoms with Gasteiger partial charge in [0.15, 0.2) is 0 Å². The van der Waals surface area contributed by atoms with E-state index in [1.165, 1.54) is 13.8 Å². The van der Waals surface area contributed by atoms with E-state index in [-0.39, 0.29) is 32.1 Å². The number of alkyl halides is 6. The molecule has 0 amide bonds. The van der Waals surface area contributed by atoms with Gasteiger partial charge in [-0.1, -0.05) is 63.8 Å². The van der Waals surface area contributed by atoms with Crippen molar-refractivity contribution in [3.8, 4) is 0 Å². The third-order valence-corrected chi connectivity index (χ3v) is 15.0. The van der Waals surface area contributed by atoms with Crippen molar-refractivity contribution in [2.45, 2.75) is 57.1 Å². The fourth-order valence-corrected chi connectivity index (χ4v) is 12.6. The van der Waals surface area contributed by atoms with Gasteiger partial charge in [0.1, 0.15) is 0 Å². The maximum Gasteiger partial charge on any atom is 0.516 e. The van der Waals surface area contributed by atoms with E-state index >= 15 is 0 Å². The number of sulfonamides is 2. The number of halogens is 6. The van der Waals surface area contributed by atoms with Gasteiger partial charge in [0.25, 0.3) is 20.0 Å². The van der Waals surface area contributed by atoms with Crippen LogP contribution in [0.3, 0.4) is 0 Å². The molecule has 0 aliphatic carbocycles. The van der Waals surface area contributed by atoms with Crippen molar-refractivity contribution in [2.24, 2.45) is 17.8 Å². The highest BCUT2D eigenvalue weighted by molar-refractivity contribution is 7.93. The summed E-state index contributed by atoms with van der Waals surface area (Å²) in [5, 5.41) is 0. The summed E-state index contributed by atoms with van der Waals surface area (Å²) in [7, 11) is -12.3. The molecule has 1 aliphatic heterocycles. The summed E-state index contributed by atoms with van der Waals surface area (Å²) in [4.78, 5) is 1.70. The van der Waals surface area contributed by atoms with Crippen LogP contribution in [0.25, 0.3) is 0 Å². The largest absolute Gasteiger partial charge is 0.516 e. The third kappa shape index (κ3) is 7.20. The van der Waals surface area contributed by atoms with Crippen LogP contribution in [-0.4, -0.2) is 79.6 Å². The minimum Gasteiger partial charge on any atom is -0.297 e. The molecule has 1 aliphatic rings. The molecule has 37 heavy (non-hydrogen) atoms. The molecule has 0 unspecified atom stereocenters. The summed E-state index contributed by atoms with van der Waals surface area (Å²) in [5.74, 6) is -0.936. The van der Waals surface area contributed by atoms with E-state index < -0.39 is 70.1 Å². The van der Waals surface area contributed by atoms with Crippen molar-refractivity contribution in [1.29, 1.82) is 0 Å². The molecule has 0 bridgehead atoms. The highest BCUT2D eigenvalue weighted by atomic mass is 32.2. The fraction of sp³-hybridized carbons (Fsp3) is 0.714. The first-order chi connectivity index (χ1) is 16.7. The van der Waals surface area contributed by atoms with E-state index in [0.29, 0.717) is 0 Å². The molecular weight excluding hydrogens is 563 g/mol. The Hall–Kier alpha value is -0.888. The molecule has 2 rings (SSSR count). The first-order valence-corrected chi connectivity index (χ1v) is 16.7. The van der Waals surface area contributed by atoms with Gasteiger partial charge in [-0.25, -0.2) is 16.8 Å². The van der Waals surface area contributed by atoms with Crippen LogP contribution in [0.15, 0.2) is 30.3 Å². The molecule has 1 heterocycles. The van der Waals surface area contributed by atoms with Crippen LogP contribution in [0.4, 0.5) is 26.3 Å². The van der Waals surface area contributed by atoms with Crippen molar-refractivity contribution in [3.05, 3.63) is 35.9 Å². The quantitative estimate of drug-likeness (QED) is 0.364. The van der Waals surface area contributed by atoms with Gasteiger partial charge in [-0.2, -0.15) is 26.3 Å². The normalized spacial score (nSPS) is 22.8. The zero-order chi connectivity index (χ0) is 28.6. The zero-order valence-corrected chi connectivity index (χ0v) is 23.9. The Morgan fingerprint density at radius 2 is 1.35 bits per heavy atom. The number of rotatable bonds is 6. The molecule has 212 valence electrons. The number of benzene rings is 1. The number of hydrogen-bond acceptors (Lipinski definition) is 5. The van der Waals surface area contributed by atoms with E-state index in [2.05, 4.69) is 0 Å². The lowest BCUT2D eigenvalue weighted by molar-refractivity contribution is -0.0488. The van der Waals surface area contributed by atoms with Crippen molar-refractivity contribution in [2.75, 3.05) is 19.6 Å². The minimum atomic E-state index is -6.18. The van der Waals surface area contributed by atoms with Gasteiger partial charge in [-0.15, -0.1) is 0 Å². The summed E-state index contributed by atoms with van der Waals surface area (Å²) in [6, 6.07) is 7.37. The van der Waals surface area contributed by atoms with Gasteiger partial charge < -0.3 is 0 Å². The van der Waals surface area contributed by atoms with E-state index in [1.54, 1.807) is 49.1 Å². The predicted octanol–water partition coefficient (Wildman–Crippen LogP) is 4.22. The van der Waals surface area contributed by atoms with Crippen LogP contribution in [0.2, 0.25) is 5.79 Å². The summed E-state index contributed by atoms with van der Waals surface area (Å²) >= 11 is -4.16. The van der Waals surface area contributed by atoms with Crippen molar-refractivity contribution in [3.63, 3.8) is 0 Å². The van der Waals surface area contributed by atoms with Gasteiger partial charge in [0, 0.05) is 25.7 Å². The van der Waals surface area contributed by atoms with E-state index in [0.717, 1.165) is 11.3 Å². The number of hydrogen-bond donors (Lipinski definition) is 0. The van der Waals surface area contributed by atoms with E-state index in [1.807, 2.05) is 0 Å². The summed E-state index contributed by atoms with van der Waals surface area (Å²) in [5.41, 5.74) is -10.9. The van der Waals surface area contributed by atoms with Crippen molar-refractivity contribution >= 4 is 34.6 Å². The highest BCUT2D eigenvalue weighted by Crippen LogP contribution is 2.37. The standard InChI is InChI=1S/C20H29F6N3O4S2.CH3.Al/c1-14(2)17(10-27-34(30,31)19(21,22)23)12-29(11-16-8-6-5-7-9-16)13-18(15(3)4)28-35(32,33)20(24,25)26;;/h5-9,14-15,17-18H,10-13H2,1-4H3;1H3;/q-2;;+2/t17-,18-;;/m0../s1. The summed E-state index contributed by atoms with van der Waals surface area (Å²) in [6.45, 7) is 5.55. The Balaban J connectivity index is 2.81. The second-order valence-corrected chi connectivity index (χ2v) is 16.8. The first-order valence-electron chi connectivity index (χ1n) is 11.7. The van der Waals surface area contributed by atoms with Crippen LogP contribution < -0.4 is 0 Å². The van der Waals surface area contributed by atoms with Crippen LogP contribution in [0.1, 0.15) is 33.3 Å². The van der Waals surface area contributed by atoms with E-state index in [9.17, 15) is 43.2 Å². The van der Waals surface area contributed by atoms with Gasteiger partial charge in [0.05, 0.1) is 0 Å². The minimum absolute atomic E-state index is 0.00234. The van der Waals surface area contributed by atoms with Crippen LogP contribution in [0.5, 0.6) is 0 Å². The van der Waals surface area contributed by atoms with Gasteiger partial charge in [-0.3, -0.25) is 11.5 Å². The fourth-order valence-electron chi connectivity index (χ4n) is 4.42. The van der Waals surface area contributed by atoms with Crippen LogP contribution in [0, 0.1) is 17.8 Å². The molecule has 1 fully saturated rings. The van der Waals surface area contributed by atoms with Gasteiger partial charge in [0.2, 0.25) is 0 Å². The Labute approximate surface area is 219 Å². The smallest absolute Gasteiger partial charge is 0.297 e. The lowest BCUT2D eigenvalue weighted by atomic mass is 9.94. The highest BCUT2D eigenvalue weighted by Gasteiger charge is 2.61. The molecule has 1 saturated heterocycles. The molecule has 1 aromatic rings. The molecule has 7 nitrogen and oxygen atoms in total. The lowest BCUT2D eigenvalue weighted by Gasteiger charge is -2.40. The molecule has 0 saturated carbocycles. The molecule has 0 aromatic heterocycles. The molecule has 0 radical (unpaired) electrons. The van der Waals surface area contributed by atoms with Gasteiger partial charge in [-0.05, 0) is 29.9 Å². The first kappa shape index (κ1) is 32.3. The Morgan fingerprint density at radius 1 is 0.838 bits per heavy atom. The average molecular weight is 596 g/mol. The molecular formula is C21H32AlF6N3O4S2. The Morgan fingerprint density at radius 3 is 1.78 bits per heavy atom. The van der Waals surface area contributed by atoms with E-state index in [4.69, 9.17) is 0 Å². The summed E-state index contributed by atoms with van der Waals surface area (Å²) in [6.07, 6.45) is 0.